The summed E-state index contributed by atoms with van der Waals surface area (Å²) in [6.45, 7) is 3.53. The zero-order valence-electron chi connectivity index (χ0n) is 26.9. The highest BCUT2D eigenvalue weighted by Gasteiger charge is 2.54. The van der Waals surface area contributed by atoms with Crippen LogP contribution in [0.4, 0.5) is 24.5 Å². The first-order chi connectivity index (χ1) is 23.0. The minimum absolute atomic E-state index is 0.138. The molecule has 11 nitrogen and oxygen atoms in total. The average Bonchev–Trinajstić information content (AvgIpc) is 3.74. The fourth-order valence-electron chi connectivity index (χ4n) is 5.65. The van der Waals surface area contributed by atoms with Crippen molar-refractivity contribution in [1.82, 2.24) is 4.72 Å². The highest BCUT2D eigenvalue weighted by molar-refractivity contribution is 7.89. The zero-order valence-corrected chi connectivity index (χ0v) is 28.5. The van der Waals surface area contributed by atoms with Crippen molar-refractivity contribution in [1.29, 1.82) is 0 Å². The molecule has 2 atom stereocenters. The van der Waals surface area contributed by atoms with Crippen LogP contribution in [0.2, 0.25) is 5.02 Å². The first-order valence-corrected chi connectivity index (χ1v) is 17.4. The van der Waals surface area contributed by atoms with Gasteiger partial charge in [0.2, 0.25) is 16.1 Å². The van der Waals surface area contributed by atoms with Gasteiger partial charge in [-0.25, -0.2) is 13.1 Å². The smallest absolute Gasteiger partial charge is 0.497 e. The minimum Gasteiger partial charge on any atom is -0.497 e. The van der Waals surface area contributed by atoms with Gasteiger partial charge < -0.3 is 24.5 Å². The lowest BCUT2D eigenvalue weighted by Crippen LogP contribution is -2.38. The molecule has 2 N–H and O–H groups in total. The predicted octanol–water partition coefficient (Wildman–Crippen LogP) is 6.07. The molecule has 3 aromatic rings. The highest BCUT2D eigenvalue weighted by atomic mass is 35.5. The number of oxime groups is 1. The third kappa shape index (κ3) is 8.57. The fourth-order valence-corrected chi connectivity index (χ4v) is 6.28. The number of hydrogen-bond acceptors (Lipinski definition) is 9. The van der Waals surface area contributed by atoms with Crippen LogP contribution in [0.15, 0.2) is 65.8 Å². The Morgan fingerprint density at radius 1 is 1.06 bits per heavy atom. The lowest BCUT2D eigenvalue weighted by molar-refractivity contribution is -0.274. The number of carbonyl (C=O) groups excluding carboxylic acids is 2. The largest absolute Gasteiger partial charge is 0.573 e. The van der Waals surface area contributed by atoms with Gasteiger partial charge in [0.05, 0.1) is 24.8 Å². The van der Waals surface area contributed by atoms with E-state index in [1.807, 2.05) is 4.72 Å². The number of sulfonamides is 1. The van der Waals surface area contributed by atoms with E-state index in [-0.39, 0.29) is 11.8 Å². The number of rotatable bonds is 12. The number of halogens is 4. The van der Waals surface area contributed by atoms with Crippen LogP contribution in [0, 0.1) is 0 Å². The molecule has 1 heterocycles. The van der Waals surface area contributed by atoms with Gasteiger partial charge in [0.1, 0.15) is 17.5 Å². The van der Waals surface area contributed by atoms with Gasteiger partial charge >= 0.3 is 6.36 Å². The molecule has 3 aromatic carbocycles. The van der Waals surface area contributed by atoms with Gasteiger partial charge in [-0.2, -0.15) is 0 Å². The van der Waals surface area contributed by atoms with Crippen molar-refractivity contribution < 1.29 is 45.5 Å². The number of fused-ring (bicyclic) bond motifs is 2. The number of carbonyl (C=O) groups is 2. The Bertz CT molecular complexity index is 1880. The maximum atomic E-state index is 14.5. The summed E-state index contributed by atoms with van der Waals surface area (Å²) in [5, 5.41) is 7.76. The molecule has 1 aliphatic heterocycles. The van der Waals surface area contributed by atoms with Crippen LogP contribution >= 0.6 is 11.6 Å². The van der Waals surface area contributed by atoms with Crippen LogP contribution < -0.4 is 24.4 Å². The second-order valence-electron chi connectivity index (χ2n) is 11.9. The van der Waals surface area contributed by atoms with Crippen molar-refractivity contribution in [2.75, 3.05) is 30.1 Å². The summed E-state index contributed by atoms with van der Waals surface area (Å²) < 4.78 is 73.9. The normalized spacial score (nSPS) is 16.4. The lowest BCUT2D eigenvalue weighted by atomic mass is 9.99. The Labute approximate surface area is 286 Å². The summed E-state index contributed by atoms with van der Waals surface area (Å²) in [5.41, 5.74) is 2.56. The topological polar surface area (TPSA) is 136 Å². The molecular formula is C33H34ClF3N4O7S. The minimum atomic E-state index is -4.90. The van der Waals surface area contributed by atoms with E-state index in [1.54, 1.807) is 62.4 Å². The Morgan fingerprint density at radius 3 is 2.35 bits per heavy atom. The Hall–Kier alpha value is -4.50. The van der Waals surface area contributed by atoms with Gasteiger partial charge in [-0.15, -0.1) is 13.2 Å². The van der Waals surface area contributed by atoms with E-state index in [4.69, 9.17) is 21.2 Å². The summed E-state index contributed by atoms with van der Waals surface area (Å²) in [4.78, 5) is 33.7. The molecule has 2 amide bonds. The number of ether oxygens (including phenoxy) is 2. The predicted molar refractivity (Wildman–Crippen MR) is 178 cm³/mol. The van der Waals surface area contributed by atoms with Gasteiger partial charge in [0, 0.05) is 40.4 Å². The second kappa shape index (κ2) is 13.8. The zero-order chi connectivity index (χ0) is 35.7. The molecule has 0 saturated heterocycles. The number of nitrogens with one attached hydrogen (secondary N) is 2. The molecule has 0 radical (unpaired) electrons. The van der Waals surface area contributed by atoms with Crippen LogP contribution in [0.5, 0.6) is 11.5 Å². The van der Waals surface area contributed by atoms with Crippen LogP contribution in [-0.2, 0) is 29.9 Å². The van der Waals surface area contributed by atoms with Crippen molar-refractivity contribution >= 4 is 50.5 Å². The van der Waals surface area contributed by atoms with Gasteiger partial charge in [-0.3, -0.25) is 9.59 Å². The third-order valence-electron chi connectivity index (χ3n) is 8.23. The van der Waals surface area contributed by atoms with Crippen LogP contribution in [-0.4, -0.2) is 58.3 Å². The summed E-state index contributed by atoms with van der Waals surface area (Å²) in [7, 11) is -2.35. The number of alkyl halides is 3. The van der Waals surface area contributed by atoms with Crippen LogP contribution in [0.1, 0.15) is 55.8 Å². The Morgan fingerprint density at radius 2 is 1.76 bits per heavy atom. The van der Waals surface area contributed by atoms with Crippen molar-refractivity contribution in [3.8, 4) is 11.5 Å². The van der Waals surface area contributed by atoms with Crippen molar-refractivity contribution in [3.05, 3.63) is 82.4 Å². The van der Waals surface area contributed by atoms with Crippen LogP contribution in [0.3, 0.4) is 0 Å². The number of anilines is 2. The molecule has 49 heavy (non-hydrogen) atoms. The molecule has 262 valence electrons. The maximum absolute atomic E-state index is 14.5. The SMILES string of the molecule is CCC(ON=C(C)c1cc(NC(C(=O)N2CC3(CC3)c3ccc(OC(F)(F)F)cc32)c2ccc(Cl)cc2)cc(OC)c1)C(=O)NS(C)(=O)=O. The molecule has 0 bridgehead atoms. The molecule has 1 spiro atoms. The van der Waals surface area contributed by atoms with E-state index < -0.39 is 46.1 Å². The fraction of sp³-hybridized carbons (Fsp3) is 0.364. The first kappa shape index (κ1) is 35.8. The number of nitrogens with zero attached hydrogens (tertiary/aromatic N) is 2. The van der Waals surface area contributed by atoms with Crippen LogP contribution in [0.25, 0.3) is 0 Å². The molecule has 1 saturated carbocycles. The maximum Gasteiger partial charge on any atom is 0.573 e. The Kier molecular flexibility index (Phi) is 10.1. The average molecular weight is 723 g/mol. The van der Waals surface area contributed by atoms with E-state index in [0.717, 1.165) is 24.7 Å². The lowest BCUT2D eigenvalue weighted by Gasteiger charge is -2.27. The number of methoxy groups -OCH3 is 1. The first-order valence-electron chi connectivity index (χ1n) is 15.2. The number of hydrogen-bond donors (Lipinski definition) is 2. The van der Waals surface area contributed by atoms with E-state index >= 15 is 0 Å². The molecule has 2 unspecified atom stereocenters. The summed E-state index contributed by atoms with van der Waals surface area (Å²) in [5.74, 6) is -1.33. The van der Waals surface area contributed by atoms with Crippen molar-refractivity contribution in [2.45, 2.75) is 57.0 Å². The van der Waals surface area contributed by atoms with Gasteiger partial charge in [0.25, 0.3) is 11.8 Å². The molecule has 16 heteroatoms. The standard InChI is InChI=1S/C33H34ClF3N4O7S/c1-5-28(30(42)40-49(4,44)45)48-39-19(2)21-14-23(16-25(15-21)46-3)38-29(20-6-8-22(34)9-7-20)31(43)41-18-32(12-13-32)26-11-10-24(17-27(26)41)47-33(35,36)37/h6-11,14-17,28-29,38H,5,12-13,18H2,1-4H3,(H,40,42). The van der Waals surface area contributed by atoms with Crippen molar-refractivity contribution in [3.63, 3.8) is 0 Å². The molecule has 0 aromatic heterocycles. The summed E-state index contributed by atoms with van der Waals surface area (Å²) in [6, 6.07) is 14.7. The monoisotopic (exact) mass is 722 g/mol. The number of benzene rings is 3. The van der Waals surface area contributed by atoms with E-state index in [2.05, 4.69) is 15.2 Å². The summed E-state index contributed by atoms with van der Waals surface area (Å²) in [6.07, 6.45) is -3.51. The van der Waals surface area contributed by atoms with E-state index in [0.29, 0.717) is 45.5 Å². The molecule has 2 aliphatic rings. The summed E-state index contributed by atoms with van der Waals surface area (Å²) >= 11 is 6.16. The van der Waals surface area contributed by atoms with Gasteiger partial charge in [0.15, 0.2) is 0 Å². The van der Waals surface area contributed by atoms with E-state index in [9.17, 15) is 31.2 Å². The van der Waals surface area contributed by atoms with Crippen molar-refractivity contribution in [2.24, 2.45) is 5.16 Å². The van der Waals surface area contributed by atoms with Gasteiger partial charge in [-0.1, -0.05) is 41.9 Å². The third-order valence-corrected chi connectivity index (χ3v) is 9.06. The molecule has 1 aliphatic carbocycles. The molecule has 1 fully saturated rings. The highest BCUT2D eigenvalue weighted by Crippen LogP contribution is 2.57. The molecule has 5 rings (SSSR count). The second-order valence-corrected chi connectivity index (χ2v) is 14.1. The number of amides is 2. The Balaban J connectivity index is 1.47. The quantitative estimate of drug-likeness (QED) is 0.170. The van der Waals surface area contributed by atoms with E-state index in [1.165, 1.54) is 24.1 Å². The van der Waals surface area contributed by atoms with Gasteiger partial charge in [-0.05, 0) is 67.6 Å². The molecular weight excluding hydrogens is 689 g/mol.